The second-order valence-corrected chi connectivity index (χ2v) is 5.00. The quantitative estimate of drug-likeness (QED) is 0.869. The molecule has 0 aromatic heterocycles. The highest BCUT2D eigenvalue weighted by molar-refractivity contribution is 5.54. The molecule has 1 N–H and O–H groups in total. The van der Waals surface area contributed by atoms with Crippen LogP contribution in [0.2, 0.25) is 0 Å². The van der Waals surface area contributed by atoms with Crippen molar-refractivity contribution >= 4 is 11.4 Å². The van der Waals surface area contributed by atoms with Crippen molar-refractivity contribution in [2.75, 3.05) is 31.4 Å². The number of hydrogen-bond donors (Lipinski definition) is 1. The highest BCUT2D eigenvalue weighted by Crippen LogP contribution is 2.17. The molecule has 0 saturated carbocycles. The Kier molecular flexibility index (Phi) is 5.02. The van der Waals surface area contributed by atoms with Gasteiger partial charge >= 0.3 is 0 Å². The van der Waals surface area contributed by atoms with E-state index in [9.17, 15) is 0 Å². The number of hydrogen-bond acceptors (Lipinski definition) is 3. The predicted molar refractivity (Wildman–Crippen MR) is 85.3 cm³/mol. The SMILES string of the molecule is COCc1ccccc1CNc1ccc(N(C)C)cc1. The van der Waals surface area contributed by atoms with Crippen molar-refractivity contribution in [3.63, 3.8) is 0 Å². The molecule has 0 atom stereocenters. The lowest BCUT2D eigenvalue weighted by molar-refractivity contribution is 0.184. The molecule has 106 valence electrons. The molecule has 0 heterocycles. The van der Waals surface area contributed by atoms with E-state index in [4.69, 9.17) is 4.74 Å². The Hall–Kier alpha value is -2.00. The highest BCUT2D eigenvalue weighted by Gasteiger charge is 2.01. The topological polar surface area (TPSA) is 24.5 Å². The third-order valence-electron chi connectivity index (χ3n) is 3.28. The summed E-state index contributed by atoms with van der Waals surface area (Å²) in [4.78, 5) is 2.09. The minimum absolute atomic E-state index is 0.650. The first-order valence-corrected chi connectivity index (χ1v) is 6.77. The van der Waals surface area contributed by atoms with Gasteiger partial charge in [-0.25, -0.2) is 0 Å². The summed E-state index contributed by atoms with van der Waals surface area (Å²) >= 11 is 0. The molecule has 2 aromatic rings. The van der Waals surface area contributed by atoms with E-state index in [1.807, 2.05) is 20.2 Å². The summed E-state index contributed by atoms with van der Waals surface area (Å²) in [6, 6.07) is 16.8. The summed E-state index contributed by atoms with van der Waals surface area (Å²) in [5.41, 5.74) is 4.83. The number of nitrogens with zero attached hydrogens (tertiary/aromatic N) is 1. The van der Waals surface area contributed by atoms with Gasteiger partial charge in [-0.2, -0.15) is 0 Å². The molecule has 0 bridgehead atoms. The lowest BCUT2D eigenvalue weighted by Gasteiger charge is -2.14. The third-order valence-corrected chi connectivity index (χ3v) is 3.28. The summed E-state index contributed by atoms with van der Waals surface area (Å²) < 4.78 is 5.23. The van der Waals surface area contributed by atoms with Crippen molar-refractivity contribution in [1.29, 1.82) is 0 Å². The van der Waals surface area contributed by atoms with Crippen LogP contribution >= 0.6 is 0 Å². The Labute approximate surface area is 121 Å². The molecule has 20 heavy (non-hydrogen) atoms. The lowest BCUT2D eigenvalue weighted by Crippen LogP contribution is -2.08. The van der Waals surface area contributed by atoms with Crippen molar-refractivity contribution in [3.05, 3.63) is 59.7 Å². The summed E-state index contributed by atoms with van der Waals surface area (Å²) in [6.07, 6.45) is 0. The highest BCUT2D eigenvalue weighted by atomic mass is 16.5. The van der Waals surface area contributed by atoms with E-state index < -0.39 is 0 Å². The van der Waals surface area contributed by atoms with E-state index in [-0.39, 0.29) is 0 Å². The molecule has 0 aliphatic heterocycles. The van der Waals surface area contributed by atoms with Gasteiger partial charge in [-0.1, -0.05) is 24.3 Å². The standard InChI is InChI=1S/C17H22N2O/c1-19(2)17-10-8-16(9-11-17)18-12-14-6-4-5-7-15(14)13-20-3/h4-11,18H,12-13H2,1-3H3. The fourth-order valence-electron chi connectivity index (χ4n) is 2.10. The van der Waals surface area contributed by atoms with Crippen LogP contribution < -0.4 is 10.2 Å². The van der Waals surface area contributed by atoms with Crippen LogP contribution in [0.3, 0.4) is 0 Å². The van der Waals surface area contributed by atoms with Gasteiger partial charge in [-0.15, -0.1) is 0 Å². The second kappa shape index (κ2) is 6.96. The largest absolute Gasteiger partial charge is 0.381 e. The van der Waals surface area contributed by atoms with Gasteiger partial charge in [0.25, 0.3) is 0 Å². The van der Waals surface area contributed by atoms with Crippen LogP contribution in [0.5, 0.6) is 0 Å². The Morgan fingerprint density at radius 1 is 0.950 bits per heavy atom. The maximum absolute atomic E-state index is 5.23. The number of methoxy groups -OCH3 is 1. The van der Waals surface area contributed by atoms with E-state index in [0.29, 0.717) is 6.61 Å². The molecular weight excluding hydrogens is 248 g/mol. The normalized spacial score (nSPS) is 10.3. The molecule has 2 aromatic carbocycles. The maximum atomic E-state index is 5.23. The number of anilines is 2. The second-order valence-electron chi connectivity index (χ2n) is 5.00. The molecule has 0 aliphatic rings. The molecule has 0 spiro atoms. The van der Waals surface area contributed by atoms with Crippen molar-refractivity contribution in [3.8, 4) is 0 Å². The molecule has 3 nitrogen and oxygen atoms in total. The van der Waals surface area contributed by atoms with Gasteiger partial charge in [0, 0.05) is 39.1 Å². The van der Waals surface area contributed by atoms with Gasteiger partial charge in [0.15, 0.2) is 0 Å². The third kappa shape index (κ3) is 3.75. The van der Waals surface area contributed by atoms with Crippen molar-refractivity contribution in [2.24, 2.45) is 0 Å². The minimum Gasteiger partial charge on any atom is -0.381 e. The molecule has 2 rings (SSSR count). The summed E-state index contributed by atoms with van der Waals surface area (Å²) in [5.74, 6) is 0. The van der Waals surface area contributed by atoms with Crippen LogP contribution in [-0.2, 0) is 17.9 Å². The molecule has 0 saturated heterocycles. The lowest BCUT2D eigenvalue weighted by atomic mass is 10.1. The number of rotatable bonds is 6. The summed E-state index contributed by atoms with van der Waals surface area (Å²) in [7, 11) is 5.82. The smallest absolute Gasteiger partial charge is 0.0716 e. The fourth-order valence-corrected chi connectivity index (χ4v) is 2.10. The van der Waals surface area contributed by atoms with Crippen molar-refractivity contribution in [2.45, 2.75) is 13.2 Å². The Morgan fingerprint density at radius 3 is 2.20 bits per heavy atom. The van der Waals surface area contributed by atoms with Crippen LogP contribution in [0, 0.1) is 0 Å². The first kappa shape index (κ1) is 14.4. The van der Waals surface area contributed by atoms with E-state index in [2.05, 4.69) is 52.7 Å². The first-order valence-electron chi connectivity index (χ1n) is 6.77. The van der Waals surface area contributed by atoms with Gasteiger partial charge in [-0.05, 0) is 35.4 Å². The summed E-state index contributed by atoms with van der Waals surface area (Å²) in [6.45, 7) is 1.46. The summed E-state index contributed by atoms with van der Waals surface area (Å²) in [5, 5.41) is 3.45. The molecule has 3 heteroatoms. The first-order chi connectivity index (χ1) is 9.70. The average molecular weight is 270 g/mol. The van der Waals surface area contributed by atoms with Crippen LogP contribution in [0.4, 0.5) is 11.4 Å². The molecule has 0 amide bonds. The molecule has 0 fully saturated rings. The molecule has 0 radical (unpaired) electrons. The average Bonchev–Trinajstić information content (AvgIpc) is 2.47. The van der Waals surface area contributed by atoms with Crippen molar-refractivity contribution in [1.82, 2.24) is 0 Å². The predicted octanol–water partition coefficient (Wildman–Crippen LogP) is 3.51. The Morgan fingerprint density at radius 2 is 1.60 bits per heavy atom. The van der Waals surface area contributed by atoms with Crippen LogP contribution in [0.1, 0.15) is 11.1 Å². The molecule has 0 aliphatic carbocycles. The van der Waals surface area contributed by atoms with Crippen LogP contribution in [-0.4, -0.2) is 21.2 Å². The fraction of sp³-hybridized carbons (Fsp3) is 0.294. The van der Waals surface area contributed by atoms with E-state index >= 15 is 0 Å². The van der Waals surface area contributed by atoms with Gasteiger partial charge in [0.05, 0.1) is 6.61 Å². The molecule has 0 unspecified atom stereocenters. The number of nitrogens with one attached hydrogen (secondary N) is 1. The van der Waals surface area contributed by atoms with Crippen LogP contribution in [0.25, 0.3) is 0 Å². The zero-order valence-corrected chi connectivity index (χ0v) is 12.4. The molecular formula is C17H22N2O. The minimum atomic E-state index is 0.650. The van der Waals surface area contributed by atoms with Crippen molar-refractivity contribution < 1.29 is 4.74 Å². The number of benzene rings is 2. The zero-order valence-electron chi connectivity index (χ0n) is 12.4. The maximum Gasteiger partial charge on any atom is 0.0716 e. The van der Waals surface area contributed by atoms with Crippen LogP contribution in [0.15, 0.2) is 48.5 Å². The Bertz CT molecular complexity index is 535. The van der Waals surface area contributed by atoms with E-state index in [0.717, 1.165) is 12.2 Å². The van der Waals surface area contributed by atoms with Gasteiger partial charge in [0.1, 0.15) is 0 Å². The van der Waals surface area contributed by atoms with E-state index in [1.54, 1.807) is 7.11 Å². The Balaban J connectivity index is 2.01. The van der Waals surface area contributed by atoms with E-state index in [1.165, 1.54) is 16.8 Å². The van der Waals surface area contributed by atoms with Gasteiger partial charge < -0.3 is 15.0 Å². The zero-order chi connectivity index (χ0) is 14.4. The van der Waals surface area contributed by atoms with Gasteiger partial charge in [-0.3, -0.25) is 0 Å². The number of ether oxygens (including phenoxy) is 1. The monoisotopic (exact) mass is 270 g/mol. The van der Waals surface area contributed by atoms with Gasteiger partial charge in [0.2, 0.25) is 0 Å².